The zero-order chi connectivity index (χ0) is 13.0. The Bertz CT molecular complexity index is 600. The summed E-state index contributed by atoms with van der Waals surface area (Å²) in [4.78, 5) is 0. The molecular formula is C15H13BrN2. The Labute approximate surface area is 115 Å². The van der Waals surface area contributed by atoms with E-state index < -0.39 is 0 Å². The fourth-order valence-corrected chi connectivity index (χ4v) is 2.22. The van der Waals surface area contributed by atoms with Crippen LogP contribution in [0.1, 0.15) is 16.7 Å². The Hall–Kier alpha value is -1.79. The van der Waals surface area contributed by atoms with E-state index in [1.807, 2.05) is 43.3 Å². The number of aryl methyl sites for hydroxylation is 1. The highest BCUT2D eigenvalue weighted by atomic mass is 79.9. The van der Waals surface area contributed by atoms with Crippen molar-refractivity contribution in [2.45, 2.75) is 13.5 Å². The first-order valence-electron chi connectivity index (χ1n) is 5.69. The Morgan fingerprint density at radius 3 is 2.67 bits per heavy atom. The van der Waals surface area contributed by atoms with Gasteiger partial charge in [0.05, 0.1) is 11.3 Å². The van der Waals surface area contributed by atoms with Gasteiger partial charge in [-0.05, 0) is 30.2 Å². The number of rotatable bonds is 3. The molecule has 18 heavy (non-hydrogen) atoms. The van der Waals surface area contributed by atoms with E-state index in [-0.39, 0.29) is 0 Å². The molecule has 0 amide bonds. The molecule has 2 nitrogen and oxygen atoms in total. The summed E-state index contributed by atoms with van der Waals surface area (Å²) in [5.41, 5.74) is 3.76. The van der Waals surface area contributed by atoms with E-state index in [1.165, 1.54) is 5.56 Å². The molecule has 0 spiro atoms. The van der Waals surface area contributed by atoms with Crippen LogP contribution in [-0.2, 0) is 6.54 Å². The Kier molecular flexibility index (Phi) is 4.01. The summed E-state index contributed by atoms with van der Waals surface area (Å²) in [6, 6.07) is 16.1. The topological polar surface area (TPSA) is 35.8 Å². The molecule has 0 saturated heterocycles. The molecule has 90 valence electrons. The maximum Gasteiger partial charge on any atom is 0.102 e. The second-order valence-corrected chi connectivity index (χ2v) is 4.91. The van der Waals surface area contributed by atoms with Crippen LogP contribution in [0.5, 0.6) is 0 Å². The van der Waals surface area contributed by atoms with Gasteiger partial charge in [0.2, 0.25) is 0 Å². The summed E-state index contributed by atoms with van der Waals surface area (Å²) < 4.78 is 1.07. The van der Waals surface area contributed by atoms with E-state index >= 15 is 0 Å². The minimum absolute atomic E-state index is 0.694. The summed E-state index contributed by atoms with van der Waals surface area (Å²) >= 11 is 3.51. The van der Waals surface area contributed by atoms with Crippen LogP contribution in [0.3, 0.4) is 0 Å². The minimum atomic E-state index is 0.694. The highest BCUT2D eigenvalue weighted by molar-refractivity contribution is 9.10. The molecule has 0 aliphatic rings. The van der Waals surface area contributed by atoms with E-state index in [1.54, 1.807) is 0 Å². The first-order chi connectivity index (χ1) is 8.72. The van der Waals surface area contributed by atoms with Gasteiger partial charge < -0.3 is 5.32 Å². The van der Waals surface area contributed by atoms with Gasteiger partial charge >= 0.3 is 0 Å². The number of benzene rings is 2. The number of halogens is 1. The van der Waals surface area contributed by atoms with Crippen molar-refractivity contribution in [3.05, 3.63) is 63.6 Å². The van der Waals surface area contributed by atoms with E-state index in [0.717, 1.165) is 15.7 Å². The molecule has 0 unspecified atom stereocenters. The third-order valence-electron chi connectivity index (χ3n) is 2.81. The van der Waals surface area contributed by atoms with Crippen LogP contribution < -0.4 is 5.32 Å². The van der Waals surface area contributed by atoms with E-state index in [4.69, 9.17) is 5.26 Å². The second kappa shape index (κ2) is 5.70. The van der Waals surface area contributed by atoms with Gasteiger partial charge in [0.15, 0.2) is 0 Å². The lowest BCUT2D eigenvalue weighted by Crippen LogP contribution is -2.02. The molecular weight excluding hydrogens is 288 g/mol. The van der Waals surface area contributed by atoms with Crippen molar-refractivity contribution in [3.63, 3.8) is 0 Å². The zero-order valence-electron chi connectivity index (χ0n) is 10.1. The standard InChI is InChI=1S/C15H13BrN2/c1-11-5-4-8-15(13(11)9-17)18-10-12-6-2-3-7-14(12)16/h2-8,18H,10H2,1H3. The van der Waals surface area contributed by atoms with Gasteiger partial charge in [-0.2, -0.15) is 5.26 Å². The first-order valence-corrected chi connectivity index (χ1v) is 6.48. The molecule has 0 aliphatic carbocycles. The molecule has 0 aliphatic heterocycles. The van der Waals surface area contributed by atoms with Crippen LogP contribution in [0.25, 0.3) is 0 Å². The van der Waals surface area contributed by atoms with Crippen molar-refractivity contribution in [1.82, 2.24) is 0 Å². The predicted octanol–water partition coefficient (Wildman–Crippen LogP) is 4.24. The summed E-state index contributed by atoms with van der Waals surface area (Å²) in [5, 5.41) is 12.5. The quantitative estimate of drug-likeness (QED) is 0.920. The Morgan fingerprint density at radius 1 is 1.17 bits per heavy atom. The molecule has 0 aromatic heterocycles. The number of nitriles is 1. The molecule has 0 fully saturated rings. The predicted molar refractivity (Wildman–Crippen MR) is 77.4 cm³/mol. The fourth-order valence-electron chi connectivity index (χ4n) is 1.80. The normalized spacial score (nSPS) is 9.83. The average molecular weight is 301 g/mol. The second-order valence-electron chi connectivity index (χ2n) is 4.05. The molecule has 0 radical (unpaired) electrons. The van der Waals surface area contributed by atoms with Crippen LogP contribution in [0, 0.1) is 18.3 Å². The monoisotopic (exact) mass is 300 g/mol. The highest BCUT2D eigenvalue weighted by Gasteiger charge is 2.05. The maximum absolute atomic E-state index is 9.15. The smallest absolute Gasteiger partial charge is 0.102 e. The molecule has 1 N–H and O–H groups in total. The molecule has 0 saturated carbocycles. The Morgan fingerprint density at radius 2 is 1.94 bits per heavy atom. The molecule has 2 aromatic rings. The van der Waals surface area contributed by atoms with Crippen LogP contribution in [-0.4, -0.2) is 0 Å². The van der Waals surface area contributed by atoms with Gasteiger partial charge in [-0.3, -0.25) is 0 Å². The van der Waals surface area contributed by atoms with Crippen LogP contribution in [0.4, 0.5) is 5.69 Å². The molecule has 2 aromatic carbocycles. The van der Waals surface area contributed by atoms with Crippen molar-refractivity contribution in [3.8, 4) is 6.07 Å². The van der Waals surface area contributed by atoms with Crippen LogP contribution in [0.2, 0.25) is 0 Å². The number of nitrogens with zero attached hydrogens (tertiary/aromatic N) is 1. The summed E-state index contributed by atoms with van der Waals surface area (Å²) in [6.07, 6.45) is 0. The van der Waals surface area contributed by atoms with E-state index in [0.29, 0.717) is 12.1 Å². The first kappa shape index (κ1) is 12.7. The lowest BCUT2D eigenvalue weighted by Gasteiger charge is -2.10. The molecule has 0 atom stereocenters. The van der Waals surface area contributed by atoms with Gasteiger partial charge in [0.25, 0.3) is 0 Å². The Balaban J connectivity index is 2.19. The van der Waals surface area contributed by atoms with Crippen LogP contribution in [0.15, 0.2) is 46.9 Å². The summed E-state index contributed by atoms with van der Waals surface area (Å²) in [5.74, 6) is 0. The lowest BCUT2D eigenvalue weighted by molar-refractivity contribution is 1.13. The lowest BCUT2D eigenvalue weighted by atomic mass is 10.1. The van der Waals surface area contributed by atoms with Crippen molar-refractivity contribution >= 4 is 21.6 Å². The summed E-state index contributed by atoms with van der Waals surface area (Å²) in [7, 11) is 0. The van der Waals surface area contributed by atoms with Crippen LogP contribution >= 0.6 is 15.9 Å². The molecule has 0 heterocycles. The number of hydrogen-bond donors (Lipinski definition) is 1. The SMILES string of the molecule is Cc1cccc(NCc2ccccc2Br)c1C#N. The molecule has 2 rings (SSSR count). The fraction of sp³-hybridized carbons (Fsp3) is 0.133. The average Bonchev–Trinajstić information content (AvgIpc) is 2.38. The number of nitrogens with one attached hydrogen (secondary N) is 1. The number of anilines is 1. The largest absolute Gasteiger partial charge is 0.380 e. The van der Waals surface area contributed by atoms with E-state index in [2.05, 4.69) is 33.4 Å². The van der Waals surface area contributed by atoms with Crippen molar-refractivity contribution in [2.24, 2.45) is 0 Å². The van der Waals surface area contributed by atoms with Crippen molar-refractivity contribution in [1.29, 1.82) is 5.26 Å². The zero-order valence-corrected chi connectivity index (χ0v) is 11.7. The third kappa shape index (κ3) is 2.72. The van der Waals surface area contributed by atoms with Gasteiger partial charge in [-0.25, -0.2) is 0 Å². The molecule has 0 bridgehead atoms. The van der Waals surface area contributed by atoms with Crippen molar-refractivity contribution < 1.29 is 0 Å². The number of hydrogen-bond acceptors (Lipinski definition) is 2. The van der Waals surface area contributed by atoms with Gasteiger partial charge in [0.1, 0.15) is 6.07 Å². The minimum Gasteiger partial charge on any atom is -0.380 e. The van der Waals surface area contributed by atoms with E-state index in [9.17, 15) is 0 Å². The van der Waals surface area contributed by atoms with Gasteiger partial charge in [-0.15, -0.1) is 0 Å². The van der Waals surface area contributed by atoms with Gasteiger partial charge in [0, 0.05) is 11.0 Å². The maximum atomic E-state index is 9.15. The third-order valence-corrected chi connectivity index (χ3v) is 3.59. The molecule has 3 heteroatoms. The summed E-state index contributed by atoms with van der Waals surface area (Å²) in [6.45, 7) is 2.64. The van der Waals surface area contributed by atoms with Crippen molar-refractivity contribution in [2.75, 3.05) is 5.32 Å². The van der Waals surface area contributed by atoms with Gasteiger partial charge in [-0.1, -0.05) is 46.3 Å². The highest BCUT2D eigenvalue weighted by Crippen LogP contribution is 2.21.